The Hall–Kier alpha value is -2.47. The van der Waals surface area contributed by atoms with E-state index in [0.29, 0.717) is 0 Å². The molecule has 0 amide bonds. The third kappa shape index (κ3) is 2.38. The Bertz CT molecular complexity index is 669. The van der Waals surface area contributed by atoms with E-state index < -0.39 is 0 Å². The van der Waals surface area contributed by atoms with Crippen molar-refractivity contribution in [2.45, 2.75) is 13.8 Å². The van der Waals surface area contributed by atoms with Gasteiger partial charge in [0.05, 0.1) is 12.7 Å². The lowest BCUT2D eigenvalue weighted by atomic mass is 9.96. The highest BCUT2D eigenvalue weighted by Crippen LogP contribution is 2.32. The van der Waals surface area contributed by atoms with Gasteiger partial charge in [0, 0.05) is 0 Å². The summed E-state index contributed by atoms with van der Waals surface area (Å²) in [4.78, 5) is 0. The van der Waals surface area contributed by atoms with E-state index in [1.165, 1.54) is 0 Å². The van der Waals surface area contributed by atoms with E-state index in [1.807, 2.05) is 38.1 Å². The van der Waals surface area contributed by atoms with Crippen LogP contribution in [0.15, 0.2) is 30.3 Å². The lowest BCUT2D eigenvalue weighted by molar-refractivity contribution is 0.411. The number of methoxy groups -OCH3 is 1. The van der Waals surface area contributed by atoms with Crippen molar-refractivity contribution in [3.63, 3.8) is 0 Å². The molecule has 0 heterocycles. The van der Waals surface area contributed by atoms with Crippen LogP contribution in [0.5, 0.6) is 11.5 Å². The molecule has 0 aliphatic carbocycles. The van der Waals surface area contributed by atoms with Gasteiger partial charge in [-0.25, -0.2) is 0 Å². The second kappa shape index (κ2) is 5.03. The lowest BCUT2D eigenvalue weighted by Gasteiger charge is -2.12. The van der Waals surface area contributed by atoms with Crippen molar-refractivity contribution in [3.05, 3.63) is 47.0 Å². The van der Waals surface area contributed by atoms with Crippen molar-refractivity contribution in [2.24, 2.45) is 0 Å². The van der Waals surface area contributed by atoms with Crippen LogP contribution < -0.4 is 4.74 Å². The second-order valence-electron chi connectivity index (χ2n) is 4.48. The van der Waals surface area contributed by atoms with Crippen LogP contribution in [0, 0.1) is 25.2 Å². The van der Waals surface area contributed by atoms with Gasteiger partial charge in [0.2, 0.25) is 0 Å². The fourth-order valence-corrected chi connectivity index (χ4v) is 2.11. The van der Waals surface area contributed by atoms with Crippen LogP contribution in [0.25, 0.3) is 11.1 Å². The molecule has 96 valence electrons. The smallest absolute Gasteiger partial charge is 0.133 e. The van der Waals surface area contributed by atoms with Crippen LogP contribution in [-0.2, 0) is 0 Å². The van der Waals surface area contributed by atoms with Crippen LogP contribution in [-0.4, -0.2) is 12.2 Å². The molecule has 2 aromatic carbocycles. The highest BCUT2D eigenvalue weighted by molar-refractivity contribution is 5.72. The first-order chi connectivity index (χ1) is 9.06. The minimum atomic E-state index is 0.00846. The molecule has 3 nitrogen and oxygen atoms in total. The summed E-state index contributed by atoms with van der Waals surface area (Å²) in [6, 6.07) is 11.0. The van der Waals surface area contributed by atoms with E-state index in [2.05, 4.69) is 0 Å². The molecule has 0 radical (unpaired) electrons. The second-order valence-corrected chi connectivity index (χ2v) is 4.48. The largest absolute Gasteiger partial charge is 0.507 e. The van der Waals surface area contributed by atoms with E-state index in [0.717, 1.165) is 28.0 Å². The molecule has 0 fully saturated rings. The molecule has 0 atom stereocenters. The zero-order chi connectivity index (χ0) is 14.0. The zero-order valence-corrected chi connectivity index (χ0v) is 11.2. The molecule has 0 bridgehead atoms. The topological polar surface area (TPSA) is 53.2 Å². The Labute approximate surface area is 112 Å². The van der Waals surface area contributed by atoms with Crippen LogP contribution in [0.4, 0.5) is 0 Å². The number of hydrogen-bond donors (Lipinski definition) is 1. The first kappa shape index (κ1) is 13.0. The van der Waals surface area contributed by atoms with Gasteiger partial charge in [-0.15, -0.1) is 0 Å². The van der Waals surface area contributed by atoms with Gasteiger partial charge in [-0.3, -0.25) is 0 Å². The molecule has 19 heavy (non-hydrogen) atoms. The van der Waals surface area contributed by atoms with Crippen LogP contribution in [0.1, 0.15) is 16.7 Å². The van der Waals surface area contributed by atoms with Gasteiger partial charge in [-0.05, 0) is 60.4 Å². The maximum atomic E-state index is 9.55. The molecule has 1 N–H and O–H groups in total. The summed E-state index contributed by atoms with van der Waals surface area (Å²) in [5.74, 6) is 0.856. The lowest BCUT2D eigenvalue weighted by Crippen LogP contribution is -1.92. The number of aryl methyl sites for hydroxylation is 2. The summed E-state index contributed by atoms with van der Waals surface area (Å²) in [6.07, 6.45) is 0. The van der Waals surface area contributed by atoms with E-state index in [9.17, 15) is 5.11 Å². The Morgan fingerprint density at radius 1 is 1.11 bits per heavy atom. The molecule has 0 unspecified atom stereocenters. The molecule has 0 spiro atoms. The van der Waals surface area contributed by atoms with Gasteiger partial charge in [-0.2, -0.15) is 5.26 Å². The number of rotatable bonds is 2. The molecular weight excluding hydrogens is 238 g/mol. The molecule has 2 rings (SSSR count). The van der Waals surface area contributed by atoms with E-state index >= 15 is 0 Å². The summed E-state index contributed by atoms with van der Waals surface area (Å²) in [5.41, 5.74) is 4.34. The summed E-state index contributed by atoms with van der Waals surface area (Å²) in [6.45, 7) is 3.98. The monoisotopic (exact) mass is 253 g/mol. The van der Waals surface area contributed by atoms with Crippen LogP contribution in [0.3, 0.4) is 0 Å². The number of nitriles is 1. The molecule has 2 aromatic rings. The van der Waals surface area contributed by atoms with E-state index in [4.69, 9.17) is 10.00 Å². The number of nitrogens with zero attached hydrogens (tertiary/aromatic N) is 1. The maximum absolute atomic E-state index is 9.55. The molecule has 3 heteroatoms. The zero-order valence-electron chi connectivity index (χ0n) is 11.2. The number of benzene rings is 2. The number of phenols is 1. The average Bonchev–Trinajstić information content (AvgIpc) is 2.41. The summed E-state index contributed by atoms with van der Waals surface area (Å²) < 4.78 is 5.29. The van der Waals surface area contributed by atoms with Crippen molar-refractivity contribution in [1.29, 1.82) is 5.26 Å². The predicted molar refractivity (Wildman–Crippen MR) is 74.3 cm³/mol. The summed E-state index contributed by atoms with van der Waals surface area (Å²) >= 11 is 0. The Morgan fingerprint density at radius 2 is 1.84 bits per heavy atom. The summed E-state index contributed by atoms with van der Waals surface area (Å²) in [5, 5.41) is 18.5. The van der Waals surface area contributed by atoms with Gasteiger partial charge in [0.1, 0.15) is 17.6 Å². The maximum Gasteiger partial charge on any atom is 0.133 e. The fraction of sp³-hybridized carbons (Fsp3) is 0.188. The minimum absolute atomic E-state index is 0.00846. The highest BCUT2D eigenvalue weighted by Gasteiger charge is 2.09. The minimum Gasteiger partial charge on any atom is -0.507 e. The number of hydrogen-bond acceptors (Lipinski definition) is 3. The summed E-state index contributed by atoms with van der Waals surface area (Å²) in [7, 11) is 1.65. The highest BCUT2D eigenvalue weighted by atomic mass is 16.5. The van der Waals surface area contributed by atoms with E-state index in [1.54, 1.807) is 19.2 Å². The van der Waals surface area contributed by atoms with Crippen LogP contribution >= 0.6 is 0 Å². The van der Waals surface area contributed by atoms with Gasteiger partial charge < -0.3 is 9.84 Å². The van der Waals surface area contributed by atoms with Gasteiger partial charge in [0.25, 0.3) is 0 Å². The molecule has 0 aromatic heterocycles. The van der Waals surface area contributed by atoms with Gasteiger partial charge >= 0.3 is 0 Å². The van der Waals surface area contributed by atoms with Gasteiger partial charge in [-0.1, -0.05) is 6.07 Å². The van der Waals surface area contributed by atoms with Gasteiger partial charge in [0.15, 0.2) is 0 Å². The Kier molecular flexibility index (Phi) is 3.43. The van der Waals surface area contributed by atoms with Crippen molar-refractivity contribution in [1.82, 2.24) is 0 Å². The average molecular weight is 253 g/mol. The van der Waals surface area contributed by atoms with Crippen molar-refractivity contribution < 1.29 is 9.84 Å². The first-order valence-electron chi connectivity index (χ1n) is 5.95. The van der Waals surface area contributed by atoms with Crippen molar-refractivity contribution in [2.75, 3.05) is 7.11 Å². The fourth-order valence-electron chi connectivity index (χ4n) is 2.11. The van der Waals surface area contributed by atoms with Crippen molar-refractivity contribution in [3.8, 4) is 28.7 Å². The molecular formula is C16H15NO2. The molecule has 0 saturated carbocycles. The molecule has 0 saturated heterocycles. The Morgan fingerprint density at radius 3 is 2.47 bits per heavy atom. The van der Waals surface area contributed by atoms with Crippen molar-refractivity contribution >= 4 is 0 Å². The first-order valence-corrected chi connectivity index (χ1v) is 5.95. The third-order valence-corrected chi connectivity index (χ3v) is 3.17. The molecule has 0 aliphatic heterocycles. The third-order valence-electron chi connectivity index (χ3n) is 3.17. The SMILES string of the molecule is COc1cc(C)c(-c2ccc(O)c(C#N)c2)cc1C. The normalized spacial score (nSPS) is 10.0. The predicted octanol–water partition coefficient (Wildman–Crippen LogP) is 3.56. The standard InChI is InChI=1S/C16H15NO2/c1-10-7-16(19-3)11(2)6-14(10)12-4-5-15(18)13(8-12)9-17/h4-8,18H,1-3H3. The molecule has 0 aliphatic rings. The number of phenolic OH excluding ortho intramolecular Hbond substituents is 1. The number of ether oxygens (including phenoxy) is 1. The van der Waals surface area contributed by atoms with Crippen LogP contribution in [0.2, 0.25) is 0 Å². The quantitative estimate of drug-likeness (QED) is 0.890. The Balaban J connectivity index is 2.60. The van der Waals surface area contributed by atoms with E-state index in [-0.39, 0.29) is 11.3 Å². The number of aromatic hydroxyl groups is 1.